The summed E-state index contributed by atoms with van der Waals surface area (Å²) < 4.78 is 5.05. The van der Waals surface area contributed by atoms with Crippen molar-refractivity contribution in [1.29, 1.82) is 0 Å². The third-order valence-corrected chi connectivity index (χ3v) is 2.59. The van der Waals surface area contributed by atoms with Gasteiger partial charge in [-0.1, -0.05) is 18.5 Å². The van der Waals surface area contributed by atoms with E-state index in [-0.39, 0.29) is 23.7 Å². The molecule has 0 saturated heterocycles. The fourth-order valence-corrected chi connectivity index (χ4v) is 1.51. The van der Waals surface area contributed by atoms with Gasteiger partial charge in [0, 0.05) is 19.0 Å². The smallest absolute Gasteiger partial charge is 0.292 e. The van der Waals surface area contributed by atoms with Crippen molar-refractivity contribution in [2.45, 2.75) is 45.1 Å². The second-order valence-corrected chi connectivity index (χ2v) is 4.34. The lowest BCUT2D eigenvalue weighted by molar-refractivity contribution is 0.0950. The minimum atomic E-state index is -0.331. The number of carbonyl (C=O) groups is 1. The summed E-state index contributed by atoms with van der Waals surface area (Å²) in [5.74, 6) is 0.414. The third kappa shape index (κ3) is 4.14. The van der Waals surface area contributed by atoms with Crippen LogP contribution in [0.5, 0.6) is 0 Å². The fourth-order valence-electron chi connectivity index (χ4n) is 1.51. The van der Waals surface area contributed by atoms with Crippen LogP contribution < -0.4 is 11.1 Å². The van der Waals surface area contributed by atoms with Crippen molar-refractivity contribution < 1.29 is 9.32 Å². The molecule has 0 aliphatic carbocycles. The Hall–Kier alpha value is -1.43. The van der Waals surface area contributed by atoms with Gasteiger partial charge in [0.15, 0.2) is 0 Å². The first-order chi connectivity index (χ1) is 8.04. The zero-order valence-electron chi connectivity index (χ0n) is 10.6. The Bertz CT molecular complexity index is 362. The van der Waals surface area contributed by atoms with Crippen LogP contribution in [0.2, 0.25) is 0 Å². The van der Waals surface area contributed by atoms with E-state index in [4.69, 9.17) is 10.3 Å². The largest absolute Gasteiger partial charge is 0.352 e. The van der Waals surface area contributed by atoms with Gasteiger partial charge in [0.2, 0.25) is 5.89 Å². The number of rotatable bonds is 6. The second-order valence-electron chi connectivity index (χ2n) is 4.34. The van der Waals surface area contributed by atoms with E-state index >= 15 is 0 Å². The van der Waals surface area contributed by atoms with Gasteiger partial charge in [-0.05, 0) is 19.8 Å². The van der Waals surface area contributed by atoms with Crippen LogP contribution in [-0.2, 0) is 0 Å². The summed E-state index contributed by atoms with van der Waals surface area (Å²) in [6.45, 7) is 3.99. The van der Waals surface area contributed by atoms with Crippen LogP contribution in [0.1, 0.15) is 55.5 Å². The number of carbonyl (C=O) groups excluding carboxylic acids is 1. The highest BCUT2D eigenvalue weighted by molar-refractivity contribution is 5.89. The minimum Gasteiger partial charge on any atom is -0.352 e. The van der Waals surface area contributed by atoms with Gasteiger partial charge < -0.3 is 15.6 Å². The first-order valence-corrected chi connectivity index (χ1v) is 5.85. The topological polar surface area (TPSA) is 94.0 Å². The molecule has 6 nitrogen and oxygen atoms in total. The van der Waals surface area contributed by atoms with Crippen LogP contribution >= 0.6 is 0 Å². The molecular formula is C11H20N4O2. The van der Waals surface area contributed by atoms with Crippen LogP contribution in [0.3, 0.4) is 0 Å². The van der Waals surface area contributed by atoms with Gasteiger partial charge in [0.1, 0.15) is 0 Å². The standard InChI is InChI=1S/C11H20N4O2/c1-7(5-4-6-8(2)12)11-14-9(15-17-11)10(16)13-3/h7-8H,4-6,12H2,1-3H3,(H,13,16). The molecular weight excluding hydrogens is 220 g/mol. The van der Waals surface area contributed by atoms with Gasteiger partial charge >= 0.3 is 0 Å². The summed E-state index contributed by atoms with van der Waals surface area (Å²) >= 11 is 0. The Morgan fingerprint density at radius 2 is 2.18 bits per heavy atom. The highest BCUT2D eigenvalue weighted by atomic mass is 16.5. The van der Waals surface area contributed by atoms with Gasteiger partial charge in [0.25, 0.3) is 11.7 Å². The van der Waals surface area contributed by atoms with Crippen molar-refractivity contribution in [3.8, 4) is 0 Å². The van der Waals surface area contributed by atoms with Crippen molar-refractivity contribution in [2.75, 3.05) is 7.05 Å². The molecule has 2 atom stereocenters. The average Bonchev–Trinajstić information content (AvgIpc) is 2.76. The van der Waals surface area contributed by atoms with Gasteiger partial charge in [-0.25, -0.2) is 0 Å². The maximum Gasteiger partial charge on any atom is 0.292 e. The molecule has 0 aromatic carbocycles. The maximum absolute atomic E-state index is 11.2. The number of hydrogen-bond acceptors (Lipinski definition) is 5. The Morgan fingerprint density at radius 1 is 1.47 bits per heavy atom. The number of amides is 1. The van der Waals surface area contributed by atoms with Gasteiger partial charge in [-0.15, -0.1) is 0 Å². The molecule has 0 spiro atoms. The van der Waals surface area contributed by atoms with E-state index in [1.54, 1.807) is 0 Å². The predicted molar refractivity (Wildman–Crippen MR) is 63.6 cm³/mol. The molecule has 1 heterocycles. The maximum atomic E-state index is 11.2. The lowest BCUT2D eigenvalue weighted by Gasteiger charge is -2.07. The van der Waals surface area contributed by atoms with Crippen molar-refractivity contribution in [3.05, 3.63) is 11.7 Å². The summed E-state index contributed by atoms with van der Waals surface area (Å²) in [6.07, 6.45) is 2.91. The highest BCUT2D eigenvalue weighted by Gasteiger charge is 2.17. The van der Waals surface area contributed by atoms with Crippen LogP contribution in [0.25, 0.3) is 0 Å². The number of nitrogens with two attached hydrogens (primary N) is 1. The van der Waals surface area contributed by atoms with Crippen molar-refractivity contribution in [3.63, 3.8) is 0 Å². The lowest BCUT2D eigenvalue weighted by Crippen LogP contribution is -2.19. The Labute approximate surface area is 101 Å². The van der Waals surface area contributed by atoms with Gasteiger partial charge in [-0.2, -0.15) is 4.98 Å². The molecule has 0 saturated carbocycles. The summed E-state index contributed by atoms with van der Waals surface area (Å²) in [7, 11) is 1.53. The van der Waals surface area contributed by atoms with E-state index in [9.17, 15) is 4.79 Å². The predicted octanol–water partition coefficient (Wildman–Crippen LogP) is 1.05. The number of nitrogens with one attached hydrogen (secondary N) is 1. The molecule has 1 aromatic heterocycles. The molecule has 96 valence electrons. The van der Waals surface area contributed by atoms with E-state index < -0.39 is 0 Å². The second kappa shape index (κ2) is 6.34. The van der Waals surface area contributed by atoms with Crippen molar-refractivity contribution in [1.82, 2.24) is 15.5 Å². The normalized spacial score (nSPS) is 14.4. The number of hydrogen-bond donors (Lipinski definition) is 2. The SMILES string of the molecule is CNC(=O)c1noc(C(C)CCCC(C)N)n1. The summed E-state index contributed by atoms with van der Waals surface area (Å²) in [5.41, 5.74) is 5.67. The van der Waals surface area contributed by atoms with E-state index in [0.29, 0.717) is 5.89 Å². The minimum absolute atomic E-state index is 0.0848. The molecule has 2 unspecified atom stereocenters. The van der Waals surface area contributed by atoms with Gasteiger partial charge in [0.05, 0.1) is 0 Å². The van der Waals surface area contributed by atoms with Crippen molar-refractivity contribution >= 4 is 5.91 Å². The zero-order valence-corrected chi connectivity index (χ0v) is 10.6. The first-order valence-electron chi connectivity index (χ1n) is 5.85. The first kappa shape index (κ1) is 13.6. The van der Waals surface area contributed by atoms with E-state index in [2.05, 4.69) is 15.5 Å². The van der Waals surface area contributed by atoms with Crippen LogP contribution in [0.15, 0.2) is 4.52 Å². The molecule has 17 heavy (non-hydrogen) atoms. The van der Waals surface area contributed by atoms with Gasteiger partial charge in [-0.3, -0.25) is 4.79 Å². The summed E-state index contributed by atoms with van der Waals surface area (Å²) in [4.78, 5) is 15.3. The third-order valence-electron chi connectivity index (χ3n) is 2.59. The quantitative estimate of drug-likeness (QED) is 0.775. The fraction of sp³-hybridized carbons (Fsp3) is 0.727. The lowest BCUT2D eigenvalue weighted by atomic mass is 10.0. The number of nitrogens with zero attached hydrogens (tertiary/aromatic N) is 2. The molecule has 0 radical (unpaired) electrons. The Kier molecular flexibility index (Phi) is 5.09. The number of aromatic nitrogens is 2. The zero-order chi connectivity index (χ0) is 12.8. The van der Waals surface area contributed by atoms with E-state index in [1.165, 1.54) is 7.05 Å². The average molecular weight is 240 g/mol. The summed E-state index contributed by atoms with van der Waals surface area (Å²) in [5, 5.41) is 6.08. The molecule has 1 aromatic rings. The molecule has 0 aliphatic rings. The Balaban J connectivity index is 2.49. The molecule has 0 aliphatic heterocycles. The molecule has 1 rings (SSSR count). The molecule has 6 heteroatoms. The Morgan fingerprint density at radius 3 is 2.76 bits per heavy atom. The molecule has 0 bridgehead atoms. The van der Waals surface area contributed by atoms with Crippen LogP contribution in [-0.4, -0.2) is 29.1 Å². The molecule has 3 N–H and O–H groups in total. The summed E-state index contributed by atoms with van der Waals surface area (Å²) in [6, 6.07) is 0.214. The van der Waals surface area contributed by atoms with Crippen LogP contribution in [0.4, 0.5) is 0 Å². The highest BCUT2D eigenvalue weighted by Crippen LogP contribution is 2.19. The van der Waals surface area contributed by atoms with Crippen LogP contribution in [0, 0.1) is 0 Å². The van der Waals surface area contributed by atoms with E-state index in [0.717, 1.165) is 19.3 Å². The monoisotopic (exact) mass is 240 g/mol. The molecule has 0 fully saturated rings. The van der Waals surface area contributed by atoms with Crippen molar-refractivity contribution in [2.24, 2.45) is 5.73 Å². The molecule has 1 amide bonds. The van der Waals surface area contributed by atoms with E-state index in [1.807, 2.05) is 13.8 Å².